The minimum Gasteiger partial charge on any atom is -0.378 e. The number of carbonyl (C=O) groups is 12. The molecule has 26 nitrogen and oxygen atoms in total. The number of ether oxygens (including phenoxy) is 1. The fraction of sp³-hybridized carbons (Fsp3) is 0.757. The number of aryl methyl sites for hydroxylation is 1. The summed E-state index contributed by atoms with van der Waals surface area (Å²) in [6.07, 6.45) is 6.03. The number of nitrogens with two attached hydrogens (primary N) is 1. The first-order chi connectivity index (χ1) is 49.1. The lowest BCUT2D eigenvalue weighted by atomic mass is 9.81. The molecule has 1 aromatic rings. The molecule has 0 aromatic heterocycles. The Bertz CT molecular complexity index is 3140. The second-order valence-electron chi connectivity index (χ2n) is 30.2. The largest absolute Gasteiger partial charge is 0.417 e. The molecule has 2 aliphatic heterocycles. The molecule has 12 amide bonds. The Morgan fingerprint density at radius 2 is 1.25 bits per heavy atom. The van der Waals surface area contributed by atoms with E-state index in [4.69, 9.17) is 22.1 Å². The van der Waals surface area contributed by atoms with Crippen LogP contribution in [-0.2, 0) is 74.9 Å². The van der Waals surface area contributed by atoms with E-state index in [-0.39, 0.29) is 82.2 Å². The summed E-state index contributed by atoms with van der Waals surface area (Å²) in [6, 6.07) is -4.63. The smallest absolute Gasteiger partial charge is 0.378 e. The van der Waals surface area contributed by atoms with Gasteiger partial charge in [0.05, 0.1) is 56.4 Å². The average molecular weight is 1490 g/mol. The van der Waals surface area contributed by atoms with Gasteiger partial charge < -0.3 is 70.5 Å². The van der Waals surface area contributed by atoms with Crippen molar-refractivity contribution in [2.75, 3.05) is 115 Å². The number of likely N-dealkylation sites (N-methyl/N-ethyl adjacent to an activating group) is 7. The molecule has 30 heteroatoms. The van der Waals surface area contributed by atoms with Crippen LogP contribution < -0.4 is 21.7 Å². The van der Waals surface area contributed by atoms with E-state index >= 15 is 24.0 Å². The fourth-order valence-corrected chi connectivity index (χ4v) is 15.7. The standard InChI is InChI=1S/C74H117ClF3N13O13/c1-12-49(4)64-70(101)85(7)46-62(95)83(5)47-63(96)87(9)57(42-50-24-16-13-17-25-50)68(99)84(6)44-59(92)80-55(31-29-51-28-30-53(54(75)41-51)74(76,77)78)67(98)91(37-39-104-38-34-79)45-60(93)82-73(32-20-21-33-73)72(103)89(11)65(52-26-18-14-19-27-52)71(102)88(10)58(69(100)90-35-22-15-23-36-90)43-61(94)86(8)56(40-48(2)3)66(97)81-64/h28,30,41,48-50,52,55-58,64-65H,12-27,29,31-40,42-47,79H2,1-11H3,(H,80,92)(H,81,97)(H,82,93)/t49-,55-,56-,57-,58-,64-,65-/m0/s1. The highest BCUT2D eigenvalue weighted by Gasteiger charge is 2.50. The minimum absolute atomic E-state index is 0.00199. The van der Waals surface area contributed by atoms with Crippen LogP contribution in [0.25, 0.3) is 0 Å². The Morgan fingerprint density at radius 1 is 0.654 bits per heavy atom. The number of amides is 12. The molecule has 584 valence electrons. The predicted octanol–water partition coefficient (Wildman–Crippen LogP) is 5.24. The molecule has 7 atom stereocenters. The number of rotatable bonds is 16. The Balaban J connectivity index is 1.46. The lowest BCUT2D eigenvalue weighted by molar-refractivity contribution is -0.157. The lowest BCUT2D eigenvalue weighted by Crippen LogP contribution is -2.64. The Morgan fingerprint density at radius 3 is 1.85 bits per heavy atom. The number of alkyl halides is 3. The van der Waals surface area contributed by atoms with Gasteiger partial charge in [0.25, 0.3) is 0 Å². The van der Waals surface area contributed by atoms with Crippen molar-refractivity contribution >= 4 is 82.5 Å². The molecule has 0 radical (unpaired) electrons. The van der Waals surface area contributed by atoms with E-state index in [1.165, 1.54) is 75.0 Å². The fourth-order valence-electron chi connectivity index (χ4n) is 15.4. The van der Waals surface area contributed by atoms with Gasteiger partial charge in [-0.15, -0.1) is 0 Å². The van der Waals surface area contributed by atoms with Crippen molar-refractivity contribution in [3.63, 3.8) is 0 Å². The van der Waals surface area contributed by atoms with Crippen LogP contribution in [0, 0.1) is 23.7 Å². The van der Waals surface area contributed by atoms with Crippen molar-refractivity contribution in [3.05, 3.63) is 34.3 Å². The number of hydrogen-bond donors (Lipinski definition) is 4. The van der Waals surface area contributed by atoms with Gasteiger partial charge in [0.2, 0.25) is 70.9 Å². The maximum atomic E-state index is 15.8. The molecule has 6 rings (SSSR count). The molecule has 0 bridgehead atoms. The van der Waals surface area contributed by atoms with Gasteiger partial charge in [-0.3, -0.25) is 57.5 Å². The second kappa shape index (κ2) is 40.0. The normalized spacial score (nSPS) is 25.1. The molecule has 3 aliphatic carbocycles. The van der Waals surface area contributed by atoms with Crippen LogP contribution in [-0.4, -0.2) is 272 Å². The van der Waals surface area contributed by atoms with E-state index in [1.54, 1.807) is 11.8 Å². The highest BCUT2D eigenvalue weighted by Crippen LogP contribution is 2.38. The van der Waals surface area contributed by atoms with Crippen molar-refractivity contribution in [1.29, 1.82) is 0 Å². The van der Waals surface area contributed by atoms with Crippen LogP contribution in [0.5, 0.6) is 0 Å². The molecule has 5 fully saturated rings. The predicted molar refractivity (Wildman–Crippen MR) is 385 cm³/mol. The Labute approximate surface area is 617 Å². The number of likely N-dealkylation sites (tertiary alicyclic amines) is 1. The number of nitrogens with zero attached hydrogens (tertiary/aromatic N) is 9. The maximum absolute atomic E-state index is 15.8. The first-order valence-corrected chi connectivity index (χ1v) is 37.9. The number of hydrogen-bond acceptors (Lipinski definition) is 14. The van der Waals surface area contributed by atoms with E-state index in [9.17, 15) is 46.7 Å². The molecule has 3 saturated carbocycles. The van der Waals surface area contributed by atoms with Gasteiger partial charge in [-0.05, 0) is 112 Å². The summed E-state index contributed by atoms with van der Waals surface area (Å²) in [5.74, 6) is -9.25. The van der Waals surface area contributed by atoms with E-state index < -0.39 is 174 Å². The summed E-state index contributed by atoms with van der Waals surface area (Å²) in [6.45, 7) is 5.30. The monoisotopic (exact) mass is 1490 g/mol. The zero-order chi connectivity index (χ0) is 76.9. The summed E-state index contributed by atoms with van der Waals surface area (Å²) in [5, 5.41) is 8.02. The summed E-state index contributed by atoms with van der Waals surface area (Å²) >= 11 is 6.17. The van der Waals surface area contributed by atoms with Crippen LogP contribution in [0.4, 0.5) is 13.2 Å². The molecule has 1 aromatic carbocycles. The van der Waals surface area contributed by atoms with Gasteiger partial charge in [0.15, 0.2) is 0 Å². The van der Waals surface area contributed by atoms with E-state index in [0.29, 0.717) is 58.0 Å². The number of carbonyl (C=O) groups excluding carboxylic acids is 12. The SMILES string of the molecule is CC[C@H](C)[C@@H]1NC(=O)[C@H](CC(C)C)N(C)C(=O)C[C@@H](C(=O)N2CCCCC2)N(C)C(=O)[C@H](C2CCCCC2)N(C)C(=O)C2(CCCC2)NC(=O)CN(CCOCCN)C(=O)[C@H](CCc2ccc(C(F)(F)F)c(Cl)c2)NC(=O)CN(C)C(=O)[C@H](CC2CCCCC2)N(C)C(=O)CN(C)C(=O)CN(C)C1=O. The van der Waals surface area contributed by atoms with E-state index in [0.717, 1.165) is 89.5 Å². The van der Waals surface area contributed by atoms with E-state index in [2.05, 4.69) is 16.0 Å². The van der Waals surface area contributed by atoms with E-state index in [1.807, 2.05) is 20.8 Å². The minimum atomic E-state index is -4.78. The highest BCUT2D eigenvalue weighted by molar-refractivity contribution is 6.31. The molecular formula is C74H117ClF3N13O13. The molecule has 104 heavy (non-hydrogen) atoms. The summed E-state index contributed by atoms with van der Waals surface area (Å²) in [7, 11) is 9.92. The number of piperidine rings is 1. The van der Waals surface area contributed by atoms with Crippen molar-refractivity contribution in [2.24, 2.45) is 29.4 Å². The van der Waals surface area contributed by atoms with Gasteiger partial charge in [-0.25, -0.2) is 0 Å². The third-order valence-electron chi connectivity index (χ3n) is 21.9. The number of halogens is 4. The van der Waals surface area contributed by atoms with Crippen LogP contribution in [0.1, 0.15) is 180 Å². The van der Waals surface area contributed by atoms with Gasteiger partial charge in [0.1, 0.15) is 41.8 Å². The summed E-state index contributed by atoms with van der Waals surface area (Å²) < 4.78 is 47.5. The molecule has 1 spiro atoms. The zero-order valence-corrected chi connectivity index (χ0v) is 64.0. The maximum Gasteiger partial charge on any atom is 0.417 e. The van der Waals surface area contributed by atoms with Gasteiger partial charge in [-0.2, -0.15) is 13.2 Å². The molecule has 2 saturated heterocycles. The van der Waals surface area contributed by atoms with Crippen molar-refractivity contribution in [3.8, 4) is 0 Å². The topological polar surface area (TPSA) is 305 Å². The molecule has 5 aliphatic rings. The first-order valence-electron chi connectivity index (χ1n) is 37.6. The van der Waals surface area contributed by atoms with Crippen molar-refractivity contribution < 1.29 is 75.4 Å². The van der Waals surface area contributed by atoms with Gasteiger partial charge >= 0.3 is 6.18 Å². The second-order valence-corrected chi connectivity index (χ2v) is 30.6. The first kappa shape index (κ1) is 85.8. The summed E-state index contributed by atoms with van der Waals surface area (Å²) in [5.41, 5.74) is 3.31. The van der Waals surface area contributed by atoms with Crippen LogP contribution >= 0.6 is 11.6 Å². The highest BCUT2D eigenvalue weighted by atomic mass is 35.5. The third-order valence-corrected chi connectivity index (χ3v) is 22.3. The van der Waals surface area contributed by atoms with Crippen LogP contribution in [0.2, 0.25) is 5.02 Å². The lowest BCUT2D eigenvalue weighted by Gasteiger charge is -2.43. The number of benzene rings is 1. The van der Waals surface area contributed by atoms with Gasteiger partial charge in [0, 0.05) is 75.5 Å². The average Bonchev–Trinajstić information content (AvgIpc) is 1.44. The molecule has 5 N–H and O–H groups in total. The zero-order valence-electron chi connectivity index (χ0n) is 63.3. The molecule has 0 unspecified atom stereocenters. The van der Waals surface area contributed by atoms with Crippen molar-refractivity contribution in [1.82, 2.24) is 60.0 Å². The molecular weight excluding hydrogens is 1370 g/mol. The van der Waals surface area contributed by atoms with Crippen LogP contribution in [0.3, 0.4) is 0 Å². The third kappa shape index (κ3) is 23.4. The quantitative estimate of drug-likeness (QED) is 0.154. The number of nitrogens with one attached hydrogen (secondary N) is 3. The molecule has 2 heterocycles. The van der Waals surface area contributed by atoms with Gasteiger partial charge in [-0.1, -0.05) is 116 Å². The Kier molecular flexibility index (Phi) is 33.0. The van der Waals surface area contributed by atoms with Crippen LogP contribution in [0.15, 0.2) is 18.2 Å². The van der Waals surface area contributed by atoms with Crippen molar-refractivity contribution in [2.45, 2.75) is 223 Å². The Hall–Kier alpha value is -7.14. The summed E-state index contributed by atoms with van der Waals surface area (Å²) in [4.78, 5) is 191.